The van der Waals surface area contributed by atoms with E-state index in [1.165, 1.54) is 0 Å². The molecule has 19 heavy (non-hydrogen) atoms. The number of para-hydroxylation sites is 1. The van der Waals surface area contributed by atoms with Crippen LogP contribution in [0, 0.1) is 0 Å². The Hall–Kier alpha value is -1.03. The fraction of sp³-hybridized carbons (Fsp3) is 0.467. The fourth-order valence-electron chi connectivity index (χ4n) is 2.61. The Morgan fingerprint density at radius 3 is 3.00 bits per heavy atom. The molecule has 0 bridgehead atoms. The number of fused-ring (bicyclic) bond motifs is 1. The lowest BCUT2D eigenvalue weighted by molar-refractivity contribution is 0.0278. The van der Waals surface area contributed by atoms with Crippen molar-refractivity contribution in [1.82, 2.24) is 5.32 Å². The van der Waals surface area contributed by atoms with Crippen LogP contribution in [-0.4, -0.2) is 18.8 Å². The van der Waals surface area contributed by atoms with E-state index >= 15 is 0 Å². The zero-order valence-corrected chi connectivity index (χ0v) is 11.8. The van der Waals surface area contributed by atoms with Gasteiger partial charge in [-0.2, -0.15) is 0 Å². The first-order valence-electron chi connectivity index (χ1n) is 6.67. The molecule has 0 aliphatic carbocycles. The first kappa shape index (κ1) is 13.0. The second kappa shape index (κ2) is 5.16. The standard InChI is InChI=1S/C15H18ClNO2/c1-15(7-4-8-18-10-15)17-9-12-11-5-2-3-6-13(11)19-14(12)16/h2-3,5-6,17H,4,7-10H2,1H3. The van der Waals surface area contributed by atoms with Crippen LogP contribution in [0.1, 0.15) is 25.3 Å². The molecule has 1 atom stereocenters. The summed E-state index contributed by atoms with van der Waals surface area (Å²) >= 11 is 6.19. The lowest BCUT2D eigenvalue weighted by Crippen LogP contribution is -2.48. The summed E-state index contributed by atoms with van der Waals surface area (Å²) < 4.78 is 11.1. The van der Waals surface area contributed by atoms with Crippen LogP contribution in [0.5, 0.6) is 0 Å². The second-order valence-corrected chi connectivity index (χ2v) is 5.76. The molecule has 3 nitrogen and oxygen atoms in total. The van der Waals surface area contributed by atoms with E-state index in [2.05, 4.69) is 12.2 Å². The summed E-state index contributed by atoms with van der Waals surface area (Å²) in [6.07, 6.45) is 2.23. The third-order valence-corrected chi connectivity index (χ3v) is 4.08. The van der Waals surface area contributed by atoms with Gasteiger partial charge in [0.2, 0.25) is 0 Å². The van der Waals surface area contributed by atoms with E-state index in [9.17, 15) is 0 Å². The number of halogens is 1. The lowest BCUT2D eigenvalue weighted by Gasteiger charge is -2.34. The molecule has 4 heteroatoms. The Labute approximate surface area is 117 Å². The normalized spacial score (nSPS) is 23.9. The van der Waals surface area contributed by atoms with Crippen molar-refractivity contribution in [2.45, 2.75) is 31.8 Å². The number of ether oxygens (including phenoxy) is 1. The van der Waals surface area contributed by atoms with Crippen molar-refractivity contribution in [2.75, 3.05) is 13.2 Å². The SMILES string of the molecule is CC1(NCc2c(Cl)oc3ccccc23)CCCOC1. The van der Waals surface area contributed by atoms with Crippen LogP contribution in [0.15, 0.2) is 28.7 Å². The maximum atomic E-state index is 6.19. The highest BCUT2D eigenvalue weighted by molar-refractivity contribution is 6.30. The second-order valence-electron chi connectivity index (χ2n) is 5.42. The topological polar surface area (TPSA) is 34.4 Å². The lowest BCUT2D eigenvalue weighted by atomic mass is 9.94. The van der Waals surface area contributed by atoms with Crippen LogP contribution in [0.4, 0.5) is 0 Å². The smallest absolute Gasteiger partial charge is 0.199 e. The van der Waals surface area contributed by atoms with Gasteiger partial charge in [-0.25, -0.2) is 0 Å². The molecular formula is C15H18ClNO2. The van der Waals surface area contributed by atoms with Gasteiger partial charge in [-0.15, -0.1) is 0 Å². The first-order valence-corrected chi connectivity index (χ1v) is 7.04. The van der Waals surface area contributed by atoms with Crippen LogP contribution in [0.3, 0.4) is 0 Å². The van der Waals surface area contributed by atoms with Gasteiger partial charge in [-0.3, -0.25) is 0 Å². The number of benzene rings is 1. The molecule has 0 spiro atoms. The molecule has 2 heterocycles. The monoisotopic (exact) mass is 279 g/mol. The summed E-state index contributed by atoms with van der Waals surface area (Å²) in [5.41, 5.74) is 1.90. The molecule has 1 unspecified atom stereocenters. The number of rotatable bonds is 3. The minimum atomic E-state index is 0.0277. The third-order valence-electron chi connectivity index (χ3n) is 3.78. The van der Waals surface area contributed by atoms with E-state index < -0.39 is 0 Å². The Morgan fingerprint density at radius 1 is 1.37 bits per heavy atom. The Bertz CT molecular complexity index is 573. The van der Waals surface area contributed by atoms with E-state index in [1.807, 2.05) is 24.3 Å². The predicted octanol–water partition coefficient (Wildman–Crippen LogP) is 3.74. The van der Waals surface area contributed by atoms with Gasteiger partial charge >= 0.3 is 0 Å². The molecule has 0 radical (unpaired) electrons. The zero-order chi connectivity index (χ0) is 13.3. The first-order chi connectivity index (χ1) is 9.18. The summed E-state index contributed by atoms with van der Waals surface area (Å²) in [5, 5.41) is 5.13. The molecular weight excluding hydrogens is 262 g/mol. The number of furan rings is 1. The molecule has 0 amide bonds. The molecule has 1 aliphatic rings. The van der Waals surface area contributed by atoms with E-state index in [4.69, 9.17) is 20.8 Å². The van der Waals surface area contributed by atoms with E-state index in [0.29, 0.717) is 11.8 Å². The quantitative estimate of drug-likeness (QED) is 0.929. The Balaban J connectivity index is 1.79. The van der Waals surface area contributed by atoms with Crippen molar-refractivity contribution in [2.24, 2.45) is 0 Å². The van der Waals surface area contributed by atoms with Crippen LogP contribution in [-0.2, 0) is 11.3 Å². The van der Waals surface area contributed by atoms with E-state index in [0.717, 1.165) is 42.6 Å². The predicted molar refractivity (Wildman–Crippen MR) is 76.5 cm³/mol. The molecule has 0 saturated carbocycles. The largest absolute Gasteiger partial charge is 0.444 e. The van der Waals surface area contributed by atoms with Gasteiger partial charge in [0.05, 0.1) is 6.61 Å². The maximum absolute atomic E-state index is 6.19. The highest BCUT2D eigenvalue weighted by Gasteiger charge is 2.27. The van der Waals surface area contributed by atoms with Crippen LogP contribution in [0.25, 0.3) is 11.0 Å². The van der Waals surface area contributed by atoms with Gasteiger partial charge in [0.15, 0.2) is 5.22 Å². The van der Waals surface area contributed by atoms with Gasteiger partial charge < -0.3 is 14.5 Å². The van der Waals surface area contributed by atoms with Crippen molar-refractivity contribution in [1.29, 1.82) is 0 Å². The number of hydrogen-bond donors (Lipinski definition) is 1. The van der Waals surface area contributed by atoms with Gasteiger partial charge in [0.25, 0.3) is 0 Å². The van der Waals surface area contributed by atoms with Gasteiger partial charge in [0.1, 0.15) is 5.58 Å². The molecule has 3 rings (SSSR count). The number of hydrogen-bond acceptors (Lipinski definition) is 3. The summed E-state index contributed by atoms with van der Waals surface area (Å²) in [6.45, 7) is 4.52. The molecule has 1 aromatic carbocycles. The molecule has 102 valence electrons. The average Bonchev–Trinajstić information content (AvgIpc) is 2.73. The van der Waals surface area contributed by atoms with Crippen molar-refractivity contribution in [3.05, 3.63) is 35.0 Å². The number of nitrogens with one attached hydrogen (secondary N) is 1. The van der Waals surface area contributed by atoms with E-state index in [1.54, 1.807) is 0 Å². The summed E-state index contributed by atoms with van der Waals surface area (Å²) in [6, 6.07) is 7.94. The van der Waals surface area contributed by atoms with E-state index in [-0.39, 0.29) is 5.54 Å². The minimum Gasteiger partial charge on any atom is -0.444 e. The third kappa shape index (κ3) is 2.64. The van der Waals surface area contributed by atoms with Gasteiger partial charge in [-0.05, 0) is 37.4 Å². The molecule has 1 aliphatic heterocycles. The van der Waals surface area contributed by atoms with Crippen molar-refractivity contribution >= 4 is 22.6 Å². The highest BCUT2D eigenvalue weighted by atomic mass is 35.5. The van der Waals surface area contributed by atoms with Crippen LogP contribution in [0.2, 0.25) is 5.22 Å². The van der Waals surface area contributed by atoms with Crippen molar-refractivity contribution in [3.8, 4) is 0 Å². The molecule has 2 aromatic rings. The molecule has 1 saturated heterocycles. The Kier molecular flexibility index (Phi) is 3.52. The van der Waals surface area contributed by atoms with Crippen LogP contribution >= 0.6 is 11.6 Å². The van der Waals surface area contributed by atoms with Crippen molar-refractivity contribution in [3.63, 3.8) is 0 Å². The zero-order valence-electron chi connectivity index (χ0n) is 11.0. The van der Waals surface area contributed by atoms with Gasteiger partial charge in [0, 0.05) is 29.6 Å². The fourth-order valence-corrected chi connectivity index (χ4v) is 2.86. The van der Waals surface area contributed by atoms with Crippen molar-refractivity contribution < 1.29 is 9.15 Å². The summed E-state index contributed by atoms with van der Waals surface area (Å²) in [5.74, 6) is 0. The maximum Gasteiger partial charge on any atom is 0.199 e. The molecule has 1 aromatic heterocycles. The minimum absolute atomic E-state index is 0.0277. The van der Waals surface area contributed by atoms with Crippen LogP contribution < -0.4 is 5.32 Å². The summed E-state index contributed by atoms with van der Waals surface area (Å²) in [4.78, 5) is 0. The molecule has 1 fully saturated rings. The highest BCUT2D eigenvalue weighted by Crippen LogP contribution is 2.30. The molecule has 1 N–H and O–H groups in total. The summed E-state index contributed by atoms with van der Waals surface area (Å²) in [7, 11) is 0. The Morgan fingerprint density at radius 2 is 2.21 bits per heavy atom. The van der Waals surface area contributed by atoms with Gasteiger partial charge in [-0.1, -0.05) is 18.2 Å². The average molecular weight is 280 g/mol.